The van der Waals surface area contributed by atoms with E-state index in [1.807, 2.05) is 0 Å². The zero-order valence-corrected chi connectivity index (χ0v) is 9.78. The second kappa shape index (κ2) is 5.18. The molecule has 0 heterocycles. The van der Waals surface area contributed by atoms with Crippen molar-refractivity contribution in [2.45, 2.75) is 32.6 Å². The Morgan fingerprint density at radius 2 is 2.25 bits per heavy atom. The lowest BCUT2D eigenvalue weighted by atomic mass is 9.82. The van der Waals surface area contributed by atoms with E-state index in [2.05, 4.69) is 17.0 Å². The van der Waals surface area contributed by atoms with Crippen LogP contribution in [0, 0.1) is 11.3 Å². The van der Waals surface area contributed by atoms with Crippen LogP contribution in [-0.4, -0.2) is 30.8 Å². The summed E-state index contributed by atoms with van der Waals surface area (Å²) >= 11 is 0. The highest BCUT2D eigenvalue weighted by molar-refractivity contribution is 5.69. The molecule has 0 unspecified atom stereocenters. The molecule has 5 nitrogen and oxygen atoms in total. The van der Waals surface area contributed by atoms with Gasteiger partial charge in [0, 0.05) is 6.54 Å². The summed E-state index contributed by atoms with van der Waals surface area (Å²) in [6.45, 7) is 2.50. The van der Waals surface area contributed by atoms with Crippen LogP contribution >= 0.6 is 0 Å². The molecule has 16 heavy (non-hydrogen) atoms. The quantitative estimate of drug-likeness (QED) is 0.768. The van der Waals surface area contributed by atoms with Gasteiger partial charge in [0.25, 0.3) is 0 Å². The number of ether oxygens (including phenoxy) is 1. The van der Waals surface area contributed by atoms with E-state index in [0.29, 0.717) is 12.5 Å². The Morgan fingerprint density at radius 3 is 2.69 bits per heavy atom. The average molecular weight is 229 g/mol. The number of carbonyl (C=O) groups is 2. The Morgan fingerprint density at radius 1 is 1.56 bits per heavy atom. The fourth-order valence-corrected chi connectivity index (χ4v) is 2.53. The SMILES string of the molecule is COC(=O)NC[C@]1(CC(=O)O)CC[C@@H](C)C1. The zero-order valence-electron chi connectivity index (χ0n) is 9.78. The summed E-state index contributed by atoms with van der Waals surface area (Å²) in [4.78, 5) is 21.8. The molecule has 92 valence electrons. The van der Waals surface area contributed by atoms with E-state index in [0.717, 1.165) is 19.3 Å². The number of carboxylic acids is 1. The number of nitrogens with one attached hydrogen (secondary N) is 1. The number of carboxylic acid groups (broad SMARTS) is 1. The van der Waals surface area contributed by atoms with E-state index in [1.54, 1.807) is 0 Å². The molecule has 0 bridgehead atoms. The molecular formula is C11H19NO4. The van der Waals surface area contributed by atoms with Crippen LogP contribution in [0.5, 0.6) is 0 Å². The predicted molar refractivity (Wildman–Crippen MR) is 58.1 cm³/mol. The molecule has 0 radical (unpaired) electrons. The number of hydrogen-bond donors (Lipinski definition) is 2. The lowest BCUT2D eigenvalue weighted by Crippen LogP contribution is -2.37. The van der Waals surface area contributed by atoms with Gasteiger partial charge in [-0.3, -0.25) is 4.79 Å². The lowest BCUT2D eigenvalue weighted by Gasteiger charge is -2.27. The molecule has 1 rings (SSSR count). The third kappa shape index (κ3) is 3.40. The second-order valence-electron chi connectivity index (χ2n) is 4.76. The van der Waals surface area contributed by atoms with Crippen LogP contribution in [-0.2, 0) is 9.53 Å². The van der Waals surface area contributed by atoms with E-state index < -0.39 is 12.1 Å². The van der Waals surface area contributed by atoms with Crippen LogP contribution in [0.15, 0.2) is 0 Å². The number of hydrogen-bond acceptors (Lipinski definition) is 3. The van der Waals surface area contributed by atoms with Crippen molar-refractivity contribution in [1.29, 1.82) is 0 Å². The van der Waals surface area contributed by atoms with Crippen molar-refractivity contribution in [3.63, 3.8) is 0 Å². The van der Waals surface area contributed by atoms with E-state index in [9.17, 15) is 9.59 Å². The minimum atomic E-state index is -0.805. The lowest BCUT2D eigenvalue weighted by molar-refractivity contribution is -0.139. The summed E-state index contributed by atoms with van der Waals surface area (Å²) in [5.74, 6) is -0.278. The van der Waals surface area contributed by atoms with Gasteiger partial charge in [0.05, 0.1) is 13.5 Å². The summed E-state index contributed by atoms with van der Waals surface area (Å²) in [6, 6.07) is 0. The number of carbonyl (C=O) groups excluding carboxylic acids is 1. The molecule has 0 aliphatic heterocycles. The smallest absolute Gasteiger partial charge is 0.406 e. The molecule has 0 aromatic carbocycles. The topological polar surface area (TPSA) is 75.6 Å². The van der Waals surface area contributed by atoms with E-state index >= 15 is 0 Å². The number of rotatable bonds is 4. The standard InChI is InChI=1S/C11H19NO4/c1-8-3-4-11(5-8,6-9(13)14)7-12-10(15)16-2/h8H,3-7H2,1-2H3,(H,12,15)(H,13,14)/t8-,11-/m1/s1. The fraction of sp³-hybridized carbons (Fsp3) is 0.818. The van der Waals surface area contributed by atoms with Gasteiger partial charge < -0.3 is 15.2 Å². The molecule has 2 atom stereocenters. The van der Waals surface area contributed by atoms with Crippen molar-refractivity contribution < 1.29 is 19.4 Å². The van der Waals surface area contributed by atoms with Gasteiger partial charge >= 0.3 is 12.1 Å². The van der Waals surface area contributed by atoms with Crippen LogP contribution in [0.1, 0.15) is 32.6 Å². The van der Waals surface area contributed by atoms with Crippen molar-refractivity contribution >= 4 is 12.1 Å². The summed E-state index contributed by atoms with van der Waals surface area (Å²) in [5.41, 5.74) is -0.292. The monoisotopic (exact) mass is 229 g/mol. The number of alkyl carbamates (subject to hydrolysis) is 1. The molecule has 1 aliphatic carbocycles. The summed E-state index contributed by atoms with van der Waals surface area (Å²) in [5, 5.41) is 11.5. The molecule has 0 aromatic rings. The Kier molecular flexibility index (Phi) is 4.15. The maximum absolute atomic E-state index is 11.0. The second-order valence-corrected chi connectivity index (χ2v) is 4.76. The highest BCUT2D eigenvalue weighted by Gasteiger charge is 2.39. The predicted octanol–water partition coefficient (Wildman–Crippen LogP) is 1.62. The number of aliphatic carboxylic acids is 1. The summed E-state index contributed by atoms with van der Waals surface area (Å²) in [7, 11) is 1.30. The van der Waals surface area contributed by atoms with Gasteiger partial charge in [0.2, 0.25) is 0 Å². The van der Waals surface area contributed by atoms with Gasteiger partial charge in [0.15, 0.2) is 0 Å². The largest absolute Gasteiger partial charge is 0.481 e. The van der Waals surface area contributed by atoms with Crippen LogP contribution in [0.3, 0.4) is 0 Å². The van der Waals surface area contributed by atoms with Crippen molar-refractivity contribution in [2.75, 3.05) is 13.7 Å². The van der Waals surface area contributed by atoms with Crippen LogP contribution in [0.25, 0.3) is 0 Å². The van der Waals surface area contributed by atoms with Gasteiger partial charge in [-0.1, -0.05) is 13.3 Å². The van der Waals surface area contributed by atoms with Crippen molar-refractivity contribution in [3.05, 3.63) is 0 Å². The minimum absolute atomic E-state index is 0.112. The highest BCUT2D eigenvalue weighted by atomic mass is 16.5. The zero-order chi connectivity index (χ0) is 12.2. The van der Waals surface area contributed by atoms with Crippen LogP contribution < -0.4 is 5.32 Å². The van der Waals surface area contributed by atoms with E-state index in [1.165, 1.54) is 7.11 Å². The van der Waals surface area contributed by atoms with Crippen LogP contribution in [0.2, 0.25) is 0 Å². The van der Waals surface area contributed by atoms with E-state index in [4.69, 9.17) is 5.11 Å². The number of methoxy groups -OCH3 is 1. The van der Waals surface area contributed by atoms with Crippen molar-refractivity contribution in [1.82, 2.24) is 5.32 Å². The first kappa shape index (κ1) is 12.8. The van der Waals surface area contributed by atoms with Crippen molar-refractivity contribution in [2.24, 2.45) is 11.3 Å². The first-order valence-electron chi connectivity index (χ1n) is 5.51. The molecule has 1 amide bonds. The van der Waals surface area contributed by atoms with E-state index in [-0.39, 0.29) is 11.8 Å². The minimum Gasteiger partial charge on any atom is -0.481 e. The average Bonchev–Trinajstić information content (AvgIpc) is 2.56. The molecule has 5 heteroatoms. The Bertz CT molecular complexity index is 279. The fourth-order valence-electron chi connectivity index (χ4n) is 2.53. The molecule has 2 N–H and O–H groups in total. The Balaban J connectivity index is 2.57. The molecule has 0 spiro atoms. The molecule has 0 aromatic heterocycles. The van der Waals surface area contributed by atoms with Crippen molar-refractivity contribution in [3.8, 4) is 0 Å². The summed E-state index contributed by atoms with van der Waals surface area (Å²) < 4.78 is 4.49. The van der Waals surface area contributed by atoms with Gasteiger partial charge in [-0.15, -0.1) is 0 Å². The third-order valence-corrected chi connectivity index (χ3v) is 3.27. The molecule has 1 fully saturated rings. The number of amides is 1. The van der Waals surface area contributed by atoms with Gasteiger partial charge in [-0.2, -0.15) is 0 Å². The van der Waals surface area contributed by atoms with Crippen LogP contribution in [0.4, 0.5) is 4.79 Å². The molecule has 1 saturated carbocycles. The van der Waals surface area contributed by atoms with Gasteiger partial charge in [0.1, 0.15) is 0 Å². The molecule has 0 saturated heterocycles. The maximum atomic E-state index is 11.0. The summed E-state index contributed by atoms with van der Waals surface area (Å²) in [6.07, 6.45) is 2.34. The first-order valence-corrected chi connectivity index (χ1v) is 5.51. The molecular weight excluding hydrogens is 210 g/mol. The highest BCUT2D eigenvalue weighted by Crippen LogP contribution is 2.43. The third-order valence-electron chi connectivity index (χ3n) is 3.27. The first-order chi connectivity index (χ1) is 7.47. The van der Waals surface area contributed by atoms with Gasteiger partial charge in [-0.25, -0.2) is 4.79 Å². The maximum Gasteiger partial charge on any atom is 0.406 e. The Labute approximate surface area is 95.2 Å². The normalized spacial score (nSPS) is 28.8. The van der Waals surface area contributed by atoms with Gasteiger partial charge in [-0.05, 0) is 24.2 Å². The Hall–Kier alpha value is -1.26. The molecule has 1 aliphatic rings.